The molecular formula is C22H24ClNO7S. The summed E-state index contributed by atoms with van der Waals surface area (Å²) >= 11 is 8.00. The molecule has 0 amide bonds. The number of thiazole rings is 1. The molecule has 0 spiro atoms. The fraction of sp³-hybridized carbons (Fsp3) is 0.409. The zero-order valence-electron chi connectivity index (χ0n) is 17.2. The van der Waals surface area contributed by atoms with Gasteiger partial charge in [-0.05, 0) is 36.8 Å². The van der Waals surface area contributed by atoms with E-state index < -0.39 is 37.1 Å². The van der Waals surface area contributed by atoms with Crippen LogP contribution < -0.4 is 4.74 Å². The second-order valence-electron chi connectivity index (χ2n) is 7.44. The summed E-state index contributed by atoms with van der Waals surface area (Å²) in [7, 11) is 0. The third-order valence-corrected chi connectivity index (χ3v) is 6.70. The van der Waals surface area contributed by atoms with E-state index >= 15 is 0 Å². The van der Waals surface area contributed by atoms with Crippen molar-refractivity contribution in [3.8, 4) is 16.4 Å². The van der Waals surface area contributed by atoms with Gasteiger partial charge in [-0.1, -0.05) is 11.6 Å². The van der Waals surface area contributed by atoms with Crippen molar-refractivity contribution in [3.63, 3.8) is 0 Å². The molecule has 172 valence electrons. The molecule has 0 radical (unpaired) electrons. The minimum atomic E-state index is -1.49. The Hall–Kier alpha value is -1.98. The van der Waals surface area contributed by atoms with Crippen LogP contribution in [-0.4, -0.2) is 63.0 Å². The second-order valence-corrected chi connectivity index (χ2v) is 8.96. The van der Waals surface area contributed by atoms with Crippen LogP contribution in [0.2, 0.25) is 5.02 Å². The quantitative estimate of drug-likeness (QED) is 0.405. The molecule has 1 saturated heterocycles. The molecule has 0 saturated carbocycles. The maximum atomic E-state index is 10.6. The highest BCUT2D eigenvalue weighted by molar-refractivity contribution is 7.15. The predicted octanol–water partition coefficient (Wildman–Crippen LogP) is 2.56. The molecule has 4 rings (SSSR count). The van der Waals surface area contributed by atoms with Gasteiger partial charge in [0.05, 0.1) is 29.4 Å². The topological polar surface area (TPSA) is 125 Å². The van der Waals surface area contributed by atoms with Crippen molar-refractivity contribution in [2.45, 2.75) is 43.9 Å². The van der Waals surface area contributed by atoms with E-state index in [1.165, 1.54) is 11.3 Å². The highest BCUT2D eigenvalue weighted by Gasteiger charge is 2.45. The van der Waals surface area contributed by atoms with Crippen molar-refractivity contribution in [1.29, 1.82) is 0 Å². The van der Waals surface area contributed by atoms with Crippen molar-refractivity contribution < 1.29 is 34.3 Å². The highest BCUT2D eigenvalue weighted by atomic mass is 35.5. The monoisotopic (exact) mass is 481 g/mol. The number of hydrogen-bond donors (Lipinski definition) is 4. The first-order valence-electron chi connectivity index (χ1n) is 10.2. The van der Waals surface area contributed by atoms with Crippen LogP contribution in [0.1, 0.15) is 29.2 Å². The predicted molar refractivity (Wildman–Crippen MR) is 118 cm³/mol. The first-order chi connectivity index (χ1) is 15.4. The van der Waals surface area contributed by atoms with Gasteiger partial charge in [-0.25, -0.2) is 4.98 Å². The number of halogens is 1. The molecule has 3 heterocycles. The number of aliphatic hydroxyl groups is 4. The third kappa shape index (κ3) is 4.55. The summed E-state index contributed by atoms with van der Waals surface area (Å²) in [6.07, 6.45) is -2.66. The van der Waals surface area contributed by atoms with Crippen molar-refractivity contribution in [1.82, 2.24) is 4.98 Å². The fourth-order valence-corrected chi connectivity index (χ4v) is 4.83. The Morgan fingerprint density at radius 2 is 2.00 bits per heavy atom. The number of ether oxygens (including phenoxy) is 2. The summed E-state index contributed by atoms with van der Waals surface area (Å²) in [5, 5.41) is 41.7. The largest absolute Gasteiger partial charge is 0.493 e. The van der Waals surface area contributed by atoms with E-state index in [2.05, 4.69) is 4.98 Å². The maximum absolute atomic E-state index is 10.6. The molecule has 1 aliphatic heterocycles. The van der Waals surface area contributed by atoms with Crippen LogP contribution >= 0.6 is 22.9 Å². The van der Waals surface area contributed by atoms with Crippen LogP contribution in [-0.2, 0) is 11.2 Å². The second kappa shape index (κ2) is 9.88. The van der Waals surface area contributed by atoms with Crippen LogP contribution in [0.4, 0.5) is 0 Å². The first kappa shape index (κ1) is 23.2. The van der Waals surface area contributed by atoms with Gasteiger partial charge in [0.2, 0.25) is 0 Å². The van der Waals surface area contributed by atoms with Crippen LogP contribution in [0.15, 0.2) is 41.1 Å². The summed E-state index contributed by atoms with van der Waals surface area (Å²) in [6.45, 7) is 1.64. The smallest absolute Gasteiger partial charge is 0.145 e. The number of aromatic nitrogens is 1. The summed E-state index contributed by atoms with van der Waals surface area (Å²) in [6, 6.07) is 7.05. The lowest BCUT2D eigenvalue weighted by atomic mass is 9.90. The molecule has 1 aromatic carbocycles. The van der Waals surface area contributed by atoms with Gasteiger partial charge < -0.3 is 34.3 Å². The van der Waals surface area contributed by atoms with Crippen molar-refractivity contribution in [2.75, 3.05) is 13.2 Å². The van der Waals surface area contributed by atoms with Crippen LogP contribution in [0.5, 0.6) is 5.75 Å². The minimum absolute atomic E-state index is 0.346. The Kier molecular flexibility index (Phi) is 7.16. The molecule has 0 aliphatic carbocycles. The Balaban J connectivity index is 1.67. The first-order valence-corrected chi connectivity index (χ1v) is 11.4. The van der Waals surface area contributed by atoms with Crippen LogP contribution in [0.25, 0.3) is 10.6 Å². The maximum Gasteiger partial charge on any atom is 0.145 e. The lowest BCUT2D eigenvalue weighted by Crippen LogP contribution is -2.55. The van der Waals surface area contributed by atoms with Crippen molar-refractivity contribution in [3.05, 3.63) is 57.9 Å². The van der Waals surface area contributed by atoms with Gasteiger partial charge in [0.25, 0.3) is 0 Å². The van der Waals surface area contributed by atoms with Gasteiger partial charge in [0.15, 0.2) is 0 Å². The van der Waals surface area contributed by atoms with Gasteiger partial charge in [0, 0.05) is 23.2 Å². The Labute approximate surface area is 193 Å². The Bertz CT molecular complexity index is 1040. The number of furan rings is 1. The standard InChI is InChI=1S/C22H24ClNO7S/c1-2-29-15-8-13(23)11(7-18-24-9-17(32-18)14-4-3-5-30-14)6-12(15)22-21(28)20(27)19(26)16(10-25)31-22/h3-6,8-9,16,19-22,25-28H,2,7,10H2,1H3/t16-,19-,20+,21-,22+/m1/s1. The van der Waals surface area contributed by atoms with Gasteiger partial charge in [0.1, 0.15) is 42.0 Å². The lowest BCUT2D eigenvalue weighted by Gasteiger charge is -2.40. The summed E-state index contributed by atoms with van der Waals surface area (Å²) in [5.41, 5.74) is 1.19. The number of aliphatic hydroxyl groups excluding tert-OH is 4. The Morgan fingerprint density at radius 1 is 1.19 bits per heavy atom. The van der Waals surface area contributed by atoms with E-state index in [1.807, 2.05) is 19.1 Å². The number of benzene rings is 1. The molecule has 3 aromatic rings. The summed E-state index contributed by atoms with van der Waals surface area (Å²) in [5.74, 6) is 1.12. The molecule has 5 atom stereocenters. The Morgan fingerprint density at radius 3 is 2.69 bits per heavy atom. The van der Waals surface area contributed by atoms with Gasteiger partial charge in [-0.2, -0.15) is 0 Å². The molecule has 1 fully saturated rings. The molecule has 0 bridgehead atoms. The lowest BCUT2D eigenvalue weighted by molar-refractivity contribution is -0.232. The van der Waals surface area contributed by atoms with E-state index in [9.17, 15) is 20.4 Å². The van der Waals surface area contributed by atoms with E-state index in [1.54, 1.807) is 24.6 Å². The average molecular weight is 482 g/mol. The summed E-state index contributed by atoms with van der Waals surface area (Å²) in [4.78, 5) is 5.34. The van der Waals surface area contributed by atoms with Crippen molar-refractivity contribution >= 4 is 22.9 Å². The normalized spacial score (nSPS) is 25.8. The molecule has 1 aliphatic rings. The van der Waals surface area contributed by atoms with Gasteiger partial charge >= 0.3 is 0 Å². The zero-order valence-corrected chi connectivity index (χ0v) is 18.8. The van der Waals surface area contributed by atoms with E-state index in [0.29, 0.717) is 29.4 Å². The zero-order chi connectivity index (χ0) is 22.8. The van der Waals surface area contributed by atoms with Crippen LogP contribution in [0, 0.1) is 0 Å². The van der Waals surface area contributed by atoms with E-state index in [-0.39, 0.29) is 0 Å². The van der Waals surface area contributed by atoms with Gasteiger partial charge in [-0.3, -0.25) is 0 Å². The molecule has 8 nitrogen and oxygen atoms in total. The van der Waals surface area contributed by atoms with E-state index in [0.717, 1.165) is 21.2 Å². The van der Waals surface area contributed by atoms with Gasteiger partial charge in [-0.15, -0.1) is 11.3 Å². The average Bonchev–Trinajstić information content (AvgIpc) is 3.47. The van der Waals surface area contributed by atoms with E-state index in [4.69, 9.17) is 25.5 Å². The van der Waals surface area contributed by atoms with Crippen molar-refractivity contribution in [2.24, 2.45) is 0 Å². The number of hydrogen-bond acceptors (Lipinski definition) is 9. The number of rotatable bonds is 7. The molecule has 2 aromatic heterocycles. The molecule has 4 N–H and O–H groups in total. The summed E-state index contributed by atoms with van der Waals surface area (Å²) < 4.78 is 16.9. The molecule has 32 heavy (non-hydrogen) atoms. The minimum Gasteiger partial charge on any atom is -0.493 e. The molecular weight excluding hydrogens is 458 g/mol. The fourth-order valence-electron chi connectivity index (χ4n) is 3.70. The molecule has 0 unspecified atom stereocenters. The molecule has 10 heteroatoms. The number of nitrogens with zero attached hydrogens (tertiary/aromatic N) is 1. The van der Waals surface area contributed by atoms with Crippen LogP contribution in [0.3, 0.4) is 0 Å². The SMILES string of the molecule is CCOc1cc(Cl)c(Cc2ncc(-c3ccco3)s2)cc1[C@@H]1O[C@H](CO)[C@@H](O)[C@H](O)[C@H]1O. The third-order valence-electron chi connectivity index (χ3n) is 5.34. The highest BCUT2D eigenvalue weighted by Crippen LogP contribution is 2.40.